The van der Waals surface area contributed by atoms with Crippen LogP contribution in [0.3, 0.4) is 0 Å². The van der Waals surface area contributed by atoms with Gasteiger partial charge in [0.25, 0.3) is 11.6 Å². The Morgan fingerprint density at radius 3 is 2.50 bits per heavy atom. The predicted molar refractivity (Wildman–Crippen MR) is 99.6 cm³/mol. The number of benzene rings is 2. The summed E-state index contributed by atoms with van der Waals surface area (Å²) in [5, 5.41) is 14.0. The number of amides is 1. The van der Waals surface area contributed by atoms with Crippen LogP contribution in [0.5, 0.6) is 11.5 Å². The van der Waals surface area contributed by atoms with E-state index in [-0.39, 0.29) is 22.0 Å². The molecule has 0 radical (unpaired) electrons. The molecule has 0 heterocycles. The fourth-order valence-corrected chi connectivity index (χ4v) is 2.60. The lowest BCUT2D eigenvalue weighted by molar-refractivity contribution is -0.384. The molecule has 0 saturated heterocycles. The Morgan fingerprint density at radius 2 is 1.88 bits per heavy atom. The van der Waals surface area contributed by atoms with Crippen molar-refractivity contribution in [3.8, 4) is 11.5 Å². The van der Waals surface area contributed by atoms with Crippen LogP contribution >= 0.6 is 11.6 Å². The maximum Gasteiger partial charge on any atom is 0.293 e. The largest absolute Gasteiger partial charge is 0.490 e. The molecule has 0 aliphatic carbocycles. The van der Waals surface area contributed by atoms with Crippen LogP contribution in [0.4, 0.5) is 11.4 Å². The summed E-state index contributed by atoms with van der Waals surface area (Å²) >= 11 is 6.21. The van der Waals surface area contributed by atoms with E-state index in [2.05, 4.69) is 5.32 Å². The standard InChI is InChI=1S/C18H19ClN2O5/c1-4-25-16-10-12(9-13(19)17(16)26-5-2)18(22)20-14-7-6-11(3)8-15(14)21(23)24/h6-10H,4-5H2,1-3H3,(H,20,22). The van der Waals surface area contributed by atoms with Crippen molar-refractivity contribution >= 4 is 28.9 Å². The number of aryl methyl sites for hydroxylation is 1. The fourth-order valence-electron chi connectivity index (χ4n) is 2.34. The smallest absolute Gasteiger partial charge is 0.293 e. The van der Waals surface area contributed by atoms with Crippen LogP contribution in [0.2, 0.25) is 5.02 Å². The molecule has 0 bridgehead atoms. The highest BCUT2D eigenvalue weighted by Gasteiger charge is 2.20. The maximum absolute atomic E-state index is 12.6. The number of anilines is 1. The minimum absolute atomic E-state index is 0.105. The van der Waals surface area contributed by atoms with E-state index in [1.165, 1.54) is 24.3 Å². The highest BCUT2D eigenvalue weighted by molar-refractivity contribution is 6.32. The average molecular weight is 379 g/mol. The molecule has 8 heteroatoms. The molecule has 0 saturated carbocycles. The SMILES string of the molecule is CCOc1cc(C(=O)Nc2ccc(C)cc2[N+](=O)[O-])cc(Cl)c1OCC. The molecule has 138 valence electrons. The molecule has 0 aromatic heterocycles. The van der Waals surface area contributed by atoms with Crippen molar-refractivity contribution in [1.82, 2.24) is 0 Å². The van der Waals surface area contributed by atoms with Crippen LogP contribution in [-0.4, -0.2) is 24.0 Å². The molecular formula is C18H19ClN2O5. The number of halogens is 1. The molecule has 0 aliphatic heterocycles. The highest BCUT2D eigenvalue weighted by atomic mass is 35.5. The van der Waals surface area contributed by atoms with Gasteiger partial charge in [-0.05, 0) is 44.5 Å². The molecule has 1 amide bonds. The molecule has 2 aromatic rings. The van der Waals surface area contributed by atoms with Crippen molar-refractivity contribution in [3.05, 3.63) is 56.6 Å². The van der Waals surface area contributed by atoms with Crippen molar-refractivity contribution in [2.75, 3.05) is 18.5 Å². The van der Waals surface area contributed by atoms with Crippen LogP contribution < -0.4 is 14.8 Å². The first kappa shape index (κ1) is 19.5. The second-order valence-electron chi connectivity index (χ2n) is 5.38. The first-order valence-electron chi connectivity index (χ1n) is 8.02. The summed E-state index contributed by atoms with van der Waals surface area (Å²) in [6.07, 6.45) is 0. The zero-order chi connectivity index (χ0) is 19.3. The summed E-state index contributed by atoms with van der Waals surface area (Å²) in [4.78, 5) is 23.2. The lowest BCUT2D eigenvalue weighted by Crippen LogP contribution is -2.14. The Morgan fingerprint density at radius 1 is 1.19 bits per heavy atom. The molecule has 0 spiro atoms. The van der Waals surface area contributed by atoms with Gasteiger partial charge in [0, 0.05) is 11.6 Å². The van der Waals surface area contributed by atoms with Crippen molar-refractivity contribution in [2.45, 2.75) is 20.8 Å². The predicted octanol–water partition coefficient (Wildman–Crippen LogP) is 4.61. The van der Waals surface area contributed by atoms with Crippen molar-refractivity contribution < 1.29 is 19.2 Å². The van der Waals surface area contributed by atoms with Gasteiger partial charge in [0.05, 0.1) is 23.2 Å². The third-order valence-electron chi connectivity index (χ3n) is 3.46. The lowest BCUT2D eigenvalue weighted by atomic mass is 10.1. The number of carbonyl (C=O) groups is 1. The molecule has 7 nitrogen and oxygen atoms in total. The Bertz CT molecular complexity index is 839. The minimum atomic E-state index is -0.542. The van der Waals surface area contributed by atoms with Gasteiger partial charge >= 0.3 is 0 Å². The summed E-state index contributed by atoms with van der Waals surface area (Å²) in [6.45, 7) is 6.10. The molecule has 2 rings (SSSR count). The number of rotatable bonds is 7. The topological polar surface area (TPSA) is 90.7 Å². The van der Waals surface area contributed by atoms with Gasteiger partial charge in [-0.3, -0.25) is 14.9 Å². The molecule has 0 fully saturated rings. The number of ether oxygens (including phenoxy) is 2. The Balaban J connectivity index is 2.37. The summed E-state index contributed by atoms with van der Waals surface area (Å²) in [5.74, 6) is 0.155. The molecule has 2 aromatic carbocycles. The molecular weight excluding hydrogens is 360 g/mol. The zero-order valence-corrected chi connectivity index (χ0v) is 15.4. The monoisotopic (exact) mass is 378 g/mol. The molecule has 0 aliphatic rings. The summed E-state index contributed by atoms with van der Waals surface area (Å²) < 4.78 is 11.0. The van der Waals surface area contributed by atoms with Gasteiger partial charge in [0.2, 0.25) is 0 Å². The van der Waals surface area contributed by atoms with Crippen LogP contribution in [0, 0.1) is 17.0 Å². The molecule has 26 heavy (non-hydrogen) atoms. The summed E-state index contributed by atoms with van der Waals surface area (Å²) in [7, 11) is 0. The lowest BCUT2D eigenvalue weighted by Gasteiger charge is -2.14. The van der Waals surface area contributed by atoms with E-state index in [0.717, 1.165) is 5.56 Å². The second kappa shape index (κ2) is 8.53. The highest BCUT2D eigenvalue weighted by Crippen LogP contribution is 2.37. The van der Waals surface area contributed by atoms with Gasteiger partial charge in [0.15, 0.2) is 11.5 Å². The van der Waals surface area contributed by atoms with Crippen LogP contribution in [0.15, 0.2) is 30.3 Å². The fraction of sp³-hybridized carbons (Fsp3) is 0.278. The maximum atomic E-state index is 12.6. The summed E-state index contributed by atoms with van der Waals surface area (Å²) in [5.41, 5.74) is 0.850. The van der Waals surface area contributed by atoms with Crippen LogP contribution in [0.25, 0.3) is 0 Å². The van der Waals surface area contributed by atoms with E-state index in [1.54, 1.807) is 19.9 Å². The van der Waals surface area contributed by atoms with Crippen molar-refractivity contribution in [3.63, 3.8) is 0 Å². The Hall–Kier alpha value is -2.80. The molecule has 0 atom stereocenters. The normalized spacial score (nSPS) is 10.3. The van der Waals surface area contributed by atoms with Gasteiger partial charge in [-0.2, -0.15) is 0 Å². The number of carbonyl (C=O) groups excluding carboxylic acids is 1. The quantitative estimate of drug-likeness (QED) is 0.561. The first-order valence-corrected chi connectivity index (χ1v) is 8.40. The first-order chi connectivity index (χ1) is 12.4. The number of nitro groups is 1. The number of hydrogen-bond acceptors (Lipinski definition) is 5. The van der Waals surface area contributed by atoms with E-state index >= 15 is 0 Å². The van der Waals surface area contributed by atoms with Crippen molar-refractivity contribution in [1.29, 1.82) is 0 Å². The third kappa shape index (κ3) is 4.43. The summed E-state index contributed by atoms with van der Waals surface area (Å²) in [6, 6.07) is 7.50. The molecule has 0 unspecified atom stereocenters. The van der Waals surface area contributed by atoms with Gasteiger partial charge in [-0.15, -0.1) is 0 Å². The Kier molecular flexibility index (Phi) is 6.41. The van der Waals surface area contributed by atoms with Gasteiger partial charge < -0.3 is 14.8 Å². The number of hydrogen-bond donors (Lipinski definition) is 1. The van der Waals surface area contributed by atoms with Gasteiger partial charge in [0.1, 0.15) is 5.69 Å². The van der Waals surface area contributed by atoms with E-state index in [1.807, 2.05) is 6.92 Å². The van der Waals surface area contributed by atoms with E-state index in [4.69, 9.17) is 21.1 Å². The number of nitro benzene ring substituents is 1. The molecule has 1 N–H and O–H groups in total. The van der Waals surface area contributed by atoms with Crippen molar-refractivity contribution in [2.24, 2.45) is 0 Å². The van der Waals surface area contributed by atoms with Gasteiger partial charge in [-0.1, -0.05) is 17.7 Å². The third-order valence-corrected chi connectivity index (χ3v) is 3.74. The minimum Gasteiger partial charge on any atom is -0.490 e. The van der Waals surface area contributed by atoms with Gasteiger partial charge in [-0.25, -0.2) is 0 Å². The van der Waals surface area contributed by atoms with Crippen LogP contribution in [-0.2, 0) is 0 Å². The van der Waals surface area contributed by atoms with Crippen LogP contribution in [0.1, 0.15) is 29.8 Å². The average Bonchev–Trinajstić information content (AvgIpc) is 2.59. The van der Waals surface area contributed by atoms with E-state index in [0.29, 0.717) is 24.7 Å². The zero-order valence-electron chi connectivity index (χ0n) is 14.7. The van der Waals surface area contributed by atoms with E-state index < -0.39 is 10.8 Å². The Labute approximate surface area is 156 Å². The number of nitrogens with zero attached hydrogens (tertiary/aromatic N) is 1. The van der Waals surface area contributed by atoms with E-state index in [9.17, 15) is 14.9 Å². The number of nitrogens with one attached hydrogen (secondary N) is 1. The second-order valence-corrected chi connectivity index (χ2v) is 5.79.